The van der Waals surface area contributed by atoms with E-state index in [0.29, 0.717) is 17.8 Å². The highest BCUT2D eigenvalue weighted by Gasteiger charge is 2.24. The largest absolute Gasteiger partial charge is 0.335 e. The zero-order valence-electron chi connectivity index (χ0n) is 13.1. The fourth-order valence-corrected chi connectivity index (χ4v) is 4.52. The maximum atomic E-state index is 12.3. The molecule has 4 nitrogen and oxygen atoms in total. The van der Waals surface area contributed by atoms with Crippen LogP contribution in [0.25, 0.3) is 0 Å². The van der Waals surface area contributed by atoms with Gasteiger partial charge < -0.3 is 10.2 Å². The molecule has 0 saturated heterocycles. The molecule has 1 aromatic heterocycles. The second-order valence-electron chi connectivity index (χ2n) is 5.60. The zero-order valence-corrected chi connectivity index (χ0v) is 14.7. The number of carbonyl (C=O) groups is 1. The molecule has 1 heterocycles. The lowest BCUT2D eigenvalue weighted by atomic mass is 9.95. The summed E-state index contributed by atoms with van der Waals surface area (Å²) in [6.45, 7) is 4.77. The van der Waals surface area contributed by atoms with Crippen LogP contribution in [-0.4, -0.2) is 40.0 Å². The van der Waals surface area contributed by atoms with Gasteiger partial charge in [0.15, 0.2) is 0 Å². The second-order valence-corrected chi connectivity index (χ2v) is 8.24. The lowest BCUT2D eigenvalue weighted by Gasteiger charge is -2.30. The highest BCUT2D eigenvalue weighted by Crippen LogP contribution is 2.28. The molecule has 2 atom stereocenters. The highest BCUT2D eigenvalue weighted by atomic mass is 32.2. The molecule has 0 radical (unpaired) electrons. The van der Waals surface area contributed by atoms with Crippen LogP contribution in [0.3, 0.4) is 0 Å². The Morgan fingerprint density at radius 1 is 1.57 bits per heavy atom. The van der Waals surface area contributed by atoms with Crippen molar-refractivity contribution in [3.05, 3.63) is 16.1 Å². The molecule has 1 aliphatic carbocycles. The maximum Gasteiger partial charge on any atom is 0.317 e. The van der Waals surface area contributed by atoms with E-state index >= 15 is 0 Å². The van der Waals surface area contributed by atoms with Gasteiger partial charge in [0, 0.05) is 23.7 Å². The van der Waals surface area contributed by atoms with Crippen molar-refractivity contribution >= 4 is 29.1 Å². The number of urea groups is 1. The molecular weight excluding hydrogens is 302 g/mol. The normalized spacial score (nSPS) is 22.0. The van der Waals surface area contributed by atoms with E-state index in [-0.39, 0.29) is 6.03 Å². The van der Waals surface area contributed by atoms with Crippen LogP contribution in [0.5, 0.6) is 0 Å². The molecule has 1 aromatic rings. The summed E-state index contributed by atoms with van der Waals surface area (Å²) in [7, 11) is 1.84. The Hall–Kier alpha value is -0.750. The minimum absolute atomic E-state index is 0.0211. The molecule has 0 aliphatic heterocycles. The number of rotatable bonds is 5. The Kier molecular flexibility index (Phi) is 6.36. The average molecular weight is 328 g/mol. The van der Waals surface area contributed by atoms with Gasteiger partial charge in [0.05, 0.1) is 17.2 Å². The van der Waals surface area contributed by atoms with E-state index in [2.05, 4.69) is 17.2 Å². The molecule has 118 valence electrons. The third-order valence-electron chi connectivity index (χ3n) is 3.77. The molecule has 1 saturated carbocycles. The quantitative estimate of drug-likeness (QED) is 0.898. The van der Waals surface area contributed by atoms with E-state index in [1.165, 1.54) is 12.8 Å². The van der Waals surface area contributed by atoms with Gasteiger partial charge in [-0.15, -0.1) is 11.3 Å². The van der Waals surface area contributed by atoms with Crippen LogP contribution in [0.2, 0.25) is 0 Å². The van der Waals surface area contributed by atoms with Gasteiger partial charge in [0.1, 0.15) is 0 Å². The van der Waals surface area contributed by atoms with E-state index in [4.69, 9.17) is 0 Å². The molecule has 0 aromatic carbocycles. The second kappa shape index (κ2) is 8.03. The first-order valence-electron chi connectivity index (χ1n) is 7.62. The minimum atomic E-state index is 0.0211. The van der Waals surface area contributed by atoms with Crippen LogP contribution in [0.1, 0.15) is 43.3 Å². The van der Waals surface area contributed by atoms with Crippen molar-refractivity contribution in [1.29, 1.82) is 0 Å². The standard InChI is InChI=1S/C15H25N3OS2/c1-4-20-14-7-5-6-12(8-14)17-15(19)18(3)9-13-10-21-11(2)16-13/h10,12,14H,4-9H2,1-3H3,(H,17,19)/t12-,14-/m0/s1. The predicted molar refractivity (Wildman–Crippen MR) is 91.0 cm³/mol. The monoisotopic (exact) mass is 327 g/mol. The van der Waals surface area contributed by atoms with Gasteiger partial charge >= 0.3 is 6.03 Å². The lowest BCUT2D eigenvalue weighted by Crippen LogP contribution is -2.45. The minimum Gasteiger partial charge on any atom is -0.335 e. The molecular formula is C15H25N3OS2. The molecule has 1 fully saturated rings. The summed E-state index contributed by atoms with van der Waals surface area (Å²) in [5.74, 6) is 1.16. The fourth-order valence-electron chi connectivity index (χ4n) is 2.74. The molecule has 1 N–H and O–H groups in total. The molecule has 21 heavy (non-hydrogen) atoms. The summed E-state index contributed by atoms with van der Waals surface area (Å²) in [5.41, 5.74) is 0.971. The number of amides is 2. The van der Waals surface area contributed by atoms with Crippen molar-refractivity contribution < 1.29 is 4.79 Å². The van der Waals surface area contributed by atoms with Crippen LogP contribution >= 0.6 is 23.1 Å². The zero-order chi connectivity index (χ0) is 15.2. The third kappa shape index (κ3) is 5.18. The number of aromatic nitrogens is 1. The number of thiazole rings is 1. The van der Waals surface area contributed by atoms with Crippen molar-refractivity contribution in [3.8, 4) is 0 Å². The topological polar surface area (TPSA) is 45.2 Å². The number of thioether (sulfide) groups is 1. The van der Waals surface area contributed by atoms with E-state index in [0.717, 1.165) is 29.3 Å². The number of hydrogen-bond acceptors (Lipinski definition) is 4. The Labute approximate surface area is 135 Å². The Bertz CT molecular complexity index is 462. The first kappa shape index (κ1) is 16.6. The van der Waals surface area contributed by atoms with Crippen LogP contribution in [0.15, 0.2) is 5.38 Å². The van der Waals surface area contributed by atoms with E-state index in [9.17, 15) is 4.79 Å². The maximum absolute atomic E-state index is 12.3. The highest BCUT2D eigenvalue weighted by molar-refractivity contribution is 7.99. The van der Waals surface area contributed by atoms with Crippen LogP contribution in [-0.2, 0) is 6.54 Å². The summed E-state index contributed by atoms with van der Waals surface area (Å²) in [6.07, 6.45) is 4.72. The van der Waals surface area contributed by atoms with Gasteiger partial charge in [-0.2, -0.15) is 11.8 Å². The van der Waals surface area contributed by atoms with Crippen LogP contribution in [0.4, 0.5) is 4.79 Å². The van der Waals surface area contributed by atoms with Crippen LogP contribution < -0.4 is 5.32 Å². The Morgan fingerprint density at radius 2 is 2.38 bits per heavy atom. The van der Waals surface area contributed by atoms with Gasteiger partial charge in [-0.05, 0) is 31.9 Å². The molecule has 1 aliphatic rings. The Morgan fingerprint density at radius 3 is 3.05 bits per heavy atom. The van der Waals surface area contributed by atoms with E-state index in [1.807, 2.05) is 31.1 Å². The molecule has 0 unspecified atom stereocenters. The third-order valence-corrected chi connectivity index (χ3v) is 5.82. The molecule has 2 rings (SSSR count). The smallest absolute Gasteiger partial charge is 0.317 e. The van der Waals surface area contributed by atoms with E-state index < -0.39 is 0 Å². The molecule has 2 amide bonds. The molecule has 0 spiro atoms. The lowest BCUT2D eigenvalue weighted by molar-refractivity contribution is 0.198. The number of nitrogens with zero attached hydrogens (tertiary/aromatic N) is 2. The van der Waals surface area contributed by atoms with Gasteiger partial charge in [-0.1, -0.05) is 13.3 Å². The first-order chi connectivity index (χ1) is 10.1. The molecule has 6 heteroatoms. The van der Waals surface area contributed by atoms with Crippen LogP contribution in [0, 0.1) is 6.92 Å². The summed E-state index contributed by atoms with van der Waals surface area (Å²) in [4.78, 5) is 18.4. The van der Waals surface area contributed by atoms with Crippen molar-refractivity contribution in [2.24, 2.45) is 0 Å². The number of aryl methyl sites for hydroxylation is 1. The number of hydrogen-bond donors (Lipinski definition) is 1. The van der Waals surface area contributed by atoms with Crippen molar-refractivity contribution in [2.75, 3.05) is 12.8 Å². The summed E-state index contributed by atoms with van der Waals surface area (Å²) in [6, 6.07) is 0.350. The SMILES string of the molecule is CCS[C@H]1CCC[C@H](NC(=O)N(C)Cc2csc(C)n2)C1. The Balaban J connectivity index is 1.80. The fraction of sp³-hybridized carbons (Fsp3) is 0.733. The first-order valence-corrected chi connectivity index (χ1v) is 9.55. The predicted octanol–water partition coefficient (Wildman–Crippen LogP) is 3.66. The number of nitrogens with one attached hydrogen (secondary N) is 1. The van der Waals surface area contributed by atoms with Crippen molar-refractivity contribution in [2.45, 2.75) is 57.4 Å². The van der Waals surface area contributed by atoms with Crippen molar-refractivity contribution in [3.63, 3.8) is 0 Å². The van der Waals surface area contributed by atoms with Gasteiger partial charge in [-0.25, -0.2) is 9.78 Å². The summed E-state index contributed by atoms with van der Waals surface area (Å²) < 4.78 is 0. The van der Waals surface area contributed by atoms with Gasteiger partial charge in [-0.3, -0.25) is 0 Å². The molecule has 0 bridgehead atoms. The van der Waals surface area contributed by atoms with Gasteiger partial charge in [0.2, 0.25) is 0 Å². The summed E-state index contributed by atoms with van der Waals surface area (Å²) in [5, 5.41) is 6.96. The summed E-state index contributed by atoms with van der Waals surface area (Å²) >= 11 is 3.65. The average Bonchev–Trinajstić information content (AvgIpc) is 2.85. The van der Waals surface area contributed by atoms with Gasteiger partial charge in [0.25, 0.3) is 0 Å². The van der Waals surface area contributed by atoms with E-state index in [1.54, 1.807) is 16.2 Å². The van der Waals surface area contributed by atoms with Crippen molar-refractivity contribution in [1.82, 2.24) is 15.2 Å². The number of carbonyl (C=O) groups excluding carboxylic acids is 1.